The van der Waals surface area contributed by atoms with Gasteiger partial charge in [-0.1, -0.05) is 6.07 Å². The second-order valence-corrected chi connectivity index (χ2v) is 5.59. The monoisotopic (exact) mass is 341 g/mol. The highest BCUT2D eigenvalue weighted by atomic mass is 35.5. The molecule has 0 aliphatic carbocycles. The fourth-order valence-corrected chi connectivity index (χ4v) is 2.26. The first-order valence-corrected chi connectivity index (χ1v) is 7.62. The van der Waals surface area contributed by atoms with Crippen molar-refractivity contribution in [2.75, 3.05) is 18.5 Å². The maximum Gasteiger partial charge on any atom is 0.253 e. The van der Waals surface area contributed by atoms with Crippen molar-refractivity contribution in [1.82, 2.24) is 5.32 Å². The molecule has 4 N–H and O–H groups in total. The van der Waals surface area contributed by atoms with Crippen molar-refractivity contribution in [3.05, 3.63) is 29.8 Å². The SMILES string of the molecule is CC(N)CCNC(=O)c1cccc(NC(=O)C2CCCO2)c1.Cl. The summed E-state index contributed by atoms with van der Waals surface area (Å²) in [6.07, 6.45) is 1.98. The van der Waals surface area contributed by atoms with Gasteiger partial charge in [-0.2, -0.15) is 0 Å². The van der Waals surface area contributed by atoms with Crippen LogP contribution in [0.25, 0.3) is 0 Å². The van der Waals surface area contributed by atoms with Crippen molar-refractivity contribution in [2.45, 2.75) is 38.3 Å². The van der Waals surface area contributed by atoms with Crippen LogP contribution in [-0.4, -0.2) is 37.1 Å². The van der Waals surface area contributed by atoms with E-state index in [4.69, 9.17) is 10.5 Å². The Morgan fingerprint density at radius 1 is 1.43 bits per heavy atom. The van der Waals surface area contributed by atoms with Gasteiger partial charge >= 0.3 is 0 Å². The molecular weight excluding hydrogens is 318 g/mol. The molecular formula is C16H24ClN3O3. The van der Waals surface area contributed by atoms with Crippen molar-refractivity contribution in [2.24, 2.45) is 5.73 Å². The van der Waals surface area contributed by atoms with Gasteiger partial charge in [0, 0.05) is 30.4 Å². The predicted molar refractivity (Wildman–Crippen MR) is 91.9 cm³/mol. The summed E-state index contributed by atoms with van der Waals surface area (Å²) in [5.41, 5.74) is 6.75. The number of hydrogen-bond acceptors (Lipinski definition) is 4. The number of carbonyl (C=O) groups is 2. The summed E-state index contributed by atoms with van der Waals surface area (Å²) in [7, 11) is 0. The molecule has 23 heavy (non-hydrogen) atoms. The van der Waals surface area contributed by atoms with Gasteiger partial charge in [0.25, 0.3) is 11.8 Å². The molecule has 2 rings (SSSR count). The van der Waals surface area contributed by atoms with E-state index in [0.29, 0.717) is 24.4 Å². The molecule has 0 saturated carbocycles. The summed E-state index contributed by atoms with van der Waals surface area (Å²) in [5, 5.41) is 5.60. The van der Waals surface area contributed by atoms with Crippen molar-refractivity contribution in [3.8, 4) is 0 Å². The minimum atomic E-state index is -0.386. The van der Waals surface area contributed by atoms with Crippen molar-refractivity contribution in [3.63, 3.8) is 0 Å². The summed E-state index contributed by atoms with van der Waals surface area (Å²) in [6, 6.07) is 6.92. The van der Waals surface area contributed by atoms with Crippen LogP contribution in [0, 0.1) is 0 Å². The zero-order valence-electron chi connectivity index (χ0n) is 13.2. The van der Waals surface area contributed by atoms with Gasteiger partial charge in [0.2, 0.25) is 0 Å². The van der Waals surface area contributed by atoms with E-state index in [1.807, 2.05) is 6.92 Å². The van der Waals surface area contributed by atoms with E-state index >= 15 is 0 Å². The Labute approximate surface area is 142 Å². The number of benzene rings is 1. The quantitative estimate of drug-likeness (QED) is 0.734. The highest BCUT2D eigenvalue weighted by Crippen LogP contribution is 2.16. The zero-order valence-corrected chi connectivity index (χ0v) is 14.0. The molecule has 1 heterocycles. The second kappa shape index (κ2) is 9.50. The number of nitrogens with one attached hydrogen (secondary N) is 2. The number of amides is 2. The summed E-state index contributed by atoms with van der Waals surface area (Å²) < 4.78 is 5.34. The molecule has 1 aliphatic heterocycles. The maximum atomic E-state index is 12.0. The molecule has 0 spiro atoms. The summed E-state index contributed by atoms with van der Waals surface area (Å²) in [5.74, 6) is -0.333. The minimum Gasteiger partial charge on any atom is -0.368 e. The van der Waals surface area contributed by atoms with E-state index in [1.165, 1.54) is 0 Å². The van der Waals surface area contributed by atoms with Crippen molar-refractivity contribution < 1.29 is 14.3 Å². The van der Waals surface area contributed by atoms with Gasteiger partial charge in [-0.25, -0.2) is 0 Å². The molecule has 128 valence electrons. The molecule has 2 atom stereocenters. The minimum absolute atomic E-state index is 0. The Bertz CT molecular complexity index is 531. The lowest BCUT2D eigenvalue weighted by Gasteiger charge is -2.12. The van der Waals surface area contributed by atoms with E-state index < -0.39 is 0 Å². The molecule has 2 unspecified atom stereocenters. The number of carbonyl (C=O) groups excluding carboxylic acids is 2. The normalized spacial score (nSPS) is 17.9. The topological polar surface area (TPSA) is 93.5 Å². The smallest absolute Gasteiger partial charge is 0.253 e. The van der Waals surface area contributed by atoms with Crippen LogP contribution in [0.1, 0.15) is 36.5 Å². The van der Waals surface area contributed by atoms with E-state index in [-0.39, 0.29) is 36.4 Å². The Kier molecular flexibility index (Phi) is 8.02. The van der Waals surface area contributed by atoms with Gasteiger partial charge in [0.1, 0.15) is 6.10 Å². The Morgan fingerprint density at radius 3 is 2.87 bits per heavy atom. The first-order chi connectivity index (χ1) is 10.6. The summed E-state index contributed by atoms with van der Waals surface area (Å²) in [6.45, 7) is 3.05. The van der Waals surface area contributed by atoms with Gasteiger partial charge in [0.15, 0.2) is 0 Å². The summed E-state index contributed by atoms with van der Waals surface area (Å²) in [4.78, 5) is 24.0. The third-order valence-electron chi connectivity index (χ3n) is 3.50. The van der Waals surface area contributed by atoms with E-state index in [2.05, 4.69) is 10.6 Å². The lowest BCUT2D eigenvalue weighted by atomic mass is 10.1. The molecule has 1 fully saturated rings. The van der Waals surface area contributed by atoms with Crippen LogP contribution in [-0.2, 0) is 9.53 Å². The lowest BCUT2D eigenvalue weighted by molar-refractivity contribution is -0.124. The fraction of sp³-hybridized carbons (Fsp3) is 0.500. The van der Waals surface area contributed by atoms with E-state index in [9.17, 15) is 9.59 Å². The number of anilines is 1. The number of ether oxygens (including phenoxy) is 1. The largest absolute Gasteiger partial charge is 0.368 e. The van der Waals surface area contributed by atoms with Crippen LogP contribution in [0.5, 0.6) is 0 Å². The van der Waals surface area contributed by atoms with Gasteiger partial charge in [-0.15, -0.1) is 12.4 Å². The number of hydrogen-bond donors (Lipinski definition) is 3. The second-order valence-electron chi connectivity index (χ2n) is 5.59. The average molecular weight is 342 g/mol. The molecule has 1 aromatic carbocycles. The van der Waals surface area contributed by atoms with Crippen LogP contribution in [0.3, 0.4) is 0 Å². The molecule has 1 aliphatic rings. The molecule has 7 heteroatoms. The van der Waals surface area contributed by atoms with Gasteiger partial charge in [-0.05, 0) is 44.4 Å². The van der Waals surface area contributed by atoms with Gasteiger partial charge in [-0.3, -0.25) is 9.59 Å². The Balaban J connectivity index is 0.00000264. The lowest BCUT2D eigenvalue weighted by Crippen LogP contribution is -2.29. The van der Waals surface area contributed by atoms with Gasteiger partial charge in [0.05, 0.1) is 0 Å². The highest BCUT2D eigenvalue weighted by molar-refractivity contribution is 5.98. The number of rotatable bonds is 6. The van der Waals surface area contributed by atoms with Crippen LogP contribution in [0.4, 0.5) is 5.69 Å². The zero-order chi connectivity index (χ0) is 15.9. The van der Waals surface area contributed by atoms with Crippen molar-refractivity contribution in [1.29, 1.82) is 0 Å². The van der Waals surface area contributed by atoms with E-state index in [1.54, 1.807) is 24.3 Å². The first-order valence-electron chi connectivity index (χ1n) is 7.62. The van der Waals surface area contributed by atoms with Crippen molar-refractivity contribution >= 4 is 29.9 Å². The van der Waals surface area contributed by atoms with Crippen LogP contribution < -0.4 is 16.4 Å². The van der Waals surface area contributed by atoms with Gasteiger partial charge < -0.3 is 21.1 Å². The predicted octanol–water partition coefficient (Wildman–Crippen LogP) is 1.69. The third kappa shape index (κ3) is 6.17. The Hall–Kier alpha value is -1.63. The standard InChI is InChI=1S/C16H23N3O3.ClH/c1-11(17)7-8-18-15(20)12-4-2-5-13(10-12)19-16(21)14-6-3-9-22-14;/h2,4-5,10-11,14H,3,6-9,17H2,1H3,(H,18,20)(H,19,21);1H. The molecule has 0 bridgehead atoms. The van der Waals surface area contributed by atoms with Crippen LogP contribution in [0.15, 0.2) is 24.3 Å². The number of nitrogens with two attached hydrogens (primary N) is 1. The maximum absolute atomic E-state index is 12.0. The average Bonchev–Trinajstić information content (AvgIpc) is 3.01. The third-order valence-corrected chi connectivity index (χ3v) is 3.50. The highest BCUT2D eigenvalue weighted by Gasteiger charge is 2.23. The Morgan fingerprint density at radius 2 is 2.22 bits per heavy atom. The first kappa shape index (κ1) is 19.4. The fourth-order valence-electron chi connectivity index (χ4n) is 2.26. The molecule has 0 aromatic heterocycles. The molecule has 2 amide bonds. The molecule has 0 radical (unpaired) electrons. The van der Waals surface area contributed by atoms with Crippen LogP contribution >= 0.6 is 12.4 Å². The molecule has 6 nitrogen and oxygen atoms in total. The number of halogens is 1. The summed E-state index contributed by atoms with van der Waals surface area (Å²) >= 11 is 0. The molecule has 1 aromatic rings. The van der Waals surface area contributed by atoms with E-state index in [0.717, 1.165) is 19.3 Å². The molecule has 1 saturated heterocycles. The van der Waals surface area contributed by atoms with Crippen LogP contribution in [0.2, 0.25) is 0 Å².